The number of benzene rings is 2. The molecule has 0 unspecified atom stereocenters. The predicted molar refractivity (Wildman–Crippen MR) is 103 cm³/mol. The first-order chi connectivity index (χ1) is 13.4. The van der Waals surface area contributed by atoms with Crippen LogP contribution in [-0.4, -0.2) is 29.0 Å². The molecule has 0 spiro atoms. The van der Waals surface area contributed by atoms with Crippen molar-refractivity contribution in [3.63, 3.8) is 0 Å². The summed E-state index contributed by atoms with van der Waals surface area (Å²) in [5.74, 6) is -0.625. The summed E-state index contributed by atoms with van der Waals surface area (Å²) in [4.78, 5) is 35.4. The minimum Gasteiger partial charge on any atom is -0.348 e. The number of thioether (sulfide) groups is 1. The number of amides is 2. The Morgan fingerprint density at radius 3 is 2.86 bits per heavy atom. The van der Waals surface area contributed by atoms with Gasteiger partial charge in [0.25, 0.3) is 11.6 Å². The van der Waals surface area contributed by atoms with Crippen LogP contribution in [0.25, 0.3) is 0 Å². The Hall–Kier alpha value is -2.94. The number of nitrogens with one attached hydrogen (secondary N) is 2. The predicted octanol–water partition coefficient (Wildman–Crippen LogP) is 3.13. The summed E-state index contributed by atoms with van der Waals surface area (Å²) >= 11 is 1.42. The van der Waals surface area contributed by atoms with E-state index in [1.807, 2.05) is 0 Å². The summed E-state index contributed by atoms with van der Waals surface area (Å²) in [7, 11) is 0. The molecule has 0 radical (unpaired) electrons. The number of halogens is 1. The number of fused-ring (bicyclic) bond motifs is 1. The van der Waals surface area contributed by atoms with E-state index in [1.54, 1.807) is 19.1 Å². The largest absolute Gasteiger partial charge is 0.348 e. The first-order valence-electron chi connectivity index (χ1n) is 8.60. The van der Waals surface area contributed by atoms with E-state index >= 15 is 0 Å². The second kappa shape index (κ2) is 8.39. The maximum Gasteiger partial charge on any atom is 0.273 e. The molecule has 2 amide bonds. The van der Waals surface area contributed by atoms with Crippen LogP contribution in [0.3, 0.4) is 0 Å². The van der Waals surface area contributed by atoms with Gasteiger partial charge in [-0.1, -0.05) is 18.2 Å². The van der Waals surface area contributed by atoms with Gasteiger partial charge in [-0.2, -0.15) is 0 Å². The first-order valence-corrected chi connectivity index (χ1v) is 9.59. The molecule has 1 heterocycles. The van der Waals surface area contributed by atoms with Crippen molar-refractivity contribution in [1.29, 1.82) is 0 Å². The minimum absolute atomic E-state index is 0.103. The molecule has 28 heavy (non-hydrogen) atoms. The van der Waals surface area contributed by atoms with Crippen molar-refractivity contribution < 1.29 is 18.9 Å². The van der Waals surface area contributed by atoms with Gasteiger partial charge in [-0.15, -0.1) is 11.8 Å². The molecule has 0 bridgehead atoms. The molecule has 146 valence electrons. The van der Waals surface area contributed by atoms with Crippen LogP contribution in [0.2, 0.25) is 0 Å². The van der Waals surface area contributed by atoms with Crippen LogP contribution in [0.5, 0.6) is 0 Å². The van der Waals surface area contributed by atoms with E-state index in [1.165, 1.54) is 36.0 Å². The maximum absolute atomic E-state index is 13.9. The number of rotatable bonds is 5. The molecular formula is C19H18FN3O4S. The van der Waals surface area contributed by atoms with Crippen molar-refractivity contribution in [2.24, 2.45) is 0 Å². The highest BCUT2D eigenvalue weighted by atomic mass is 32.2. The number of nitro groups is 1. The van der Waals surface area contributed by atoms with Crippen LogP contribution in [0, 0.1) is 22.9 Å². The van der Waals surface area contributed by atoms with Crippen molar-refractivity contribution in [3.8, 4) is 0 Å². The van der Waals surface area contributed by atoms with Gasteiger partial charge in [0.2, 0.25) is 5.91 Å². The number of nitrogens with zero attached hydrogens (tertiary/aromatic N) is 1. The van der Waals surface area contributed by atoms with Crippen LogP contribution in [0.4, 0.5) is 10.1 Å². The number of carbonyl (C=O) groups excluding carboxylic acids is 2. The molecule has 7 nitrogen and oxygen atoms in total. The van der Waals surface area contributed by atoms with E-state index in [-0.39, 0.29) is 29.7 Å². The Kier molecular flexibility index (Phi) is 5.93. The summed E-state index contributed by atoms with van der Waals surface area (Å²) in [6, 6.07) is 8.57. The number of carbonyl (C=O) groups is 2. The van der Waals surface area contributed by atoms with Crippen molar-refractivity contribution >= 4 is 29.3 Å². The third-order valence-electron chi connectivity index (χ3n) is 4.44. The smallest absolute Gasteiger partial charge is 0.273 e. The molecule has 2 aromatic carbocycles. The van der Waals surface area contributed by atoms with Gasteiger partial charge in [0.15, 0.2) is 0 Å². The standard InChI is InChI=1S/C19H18FN3O4S/c1-11-5-6-12(9-16(11)23(26)27)19(25)21-10-17(24)22-15-7-8-28-18-13(15)3-2-4-14(18)20/h2-6,9,15H,7-8,10H2,1H3,(H,21,25)(H,22,24)/t15-/m1/s1. The Morgan fingerprint density at radius 2 is 2.11 bits per heavy atom. The quantitative estimate of drug-likeness (QED) is 0.590. The molecule has 0 aromatic heterocycles. The topological polar surface area (TPSA) is 101 Å². The lowest BCUT2D eigenvalue weighted by molar-refractivity contribution is -0.385. The molecule has 2 N–H and O–H groups in total. The lowest BCUT2D eigenvalue weighted by Crippen LogP contribution is -2.39. The fourth-order valence-corrected chi connectivity index (χ4v) is 4.13. The third-order valence-corrected chi connectivity index (χ3v) is 5.60. The van der Waals surface area contributed by atoms with E-state index < -0.39 is 16.7 Å². The van der Waals surface area contributed by atoms with Gasteiger partial charge in [-0.05, 0) is 31.0 Å². The summed E-state index contributed by atoms with van der Waals surface area (Å²) in [5, 5.41) is 16.3. The Balaban J connectivity index is 1.61. The molecule has 1 aliphatic heterocycles. The molecule has 1 aliphatic rings. The molecule has 1 atom stereocenters. The Bertz CT molecular complexity index is 951. The zero-order valence-corrected chi connectivity index (χ0v) is 15.8. The van der Waals surface area contributed by atoms with Crippen molar-refractivity contribution in [2.75, 3.05) is 12.3 Å². The van der Waals surface area contributed by atoms with E-state index in [4.69, 9.17) is 0 Å². The summed E-state index contributed by atoms with van der Waals surface area (Å²) in [6.45, 7) is 1.30. The van der Waals surface area contributed by atoms with Gasteiger partial charge < -0.3 is 10.6 Å². The van der Waals surface area contributed by atoms with Crippen LogP contribution >= 0.6 is 11.8 Å². The zero-order valence-electron chi connectivity index (χ0n) is 15.0. The number of hydrogen-bond acceptors (Lipinski definition) is 5. The van der Waals surface area contributed by atoms with E-state index in [0.29, 0.717) is 22.6 Å². The molecule has 9 heteroatoms. The van der Waals surface area contributed by atoms with E-state index in [9.17, 15) is 24.1 Å². The van der Waals surface area contributed by atoms with Gasteiger partial charge in [0.05, 0.1) is 17.5 Å². The normalized spacial score (nSPS) is 15.4. The highest BCUT2D eigenvalue weighted by molar-refractivity contribution is 7.99. The van der Waals surface area contributed by atoms with Crippen LogP contribution < -0.4 is 10.6 Å². The minimum atomic E-state index is -0.580. The van der Waals surface area contributed by atoms with Gasteiger partial charge in [-0.25, -0.2) is 4.39 Å². The van der Waals surface area contributed by atoms with E-state index in [2.05, 4.69) is 10.6 Å². The maximum atomic E-state index is 13.9. The number of nitro benzene ring substituents is 1. The van der Waals surface area contributed by atoms with E-state index in [0.717, 1.165) is 5.56 Å². The summed E-state index contributed by atoms with van der Waals surface area (Å²) < 4.78 is 13.9. The third kappa shape index (κ3) is 4.30. The summed E-state index contributed by atoms with van der Waals surface area (Å²) in [5.41, 5.74) is 1.12. The fraction of sp³-hybridized carbons (Fsp3) is 0.263. The Morgan fingerprint density at radius 1 is 1.32 bits per heavy atom. The SMILES string of the molecule is Cc1ccc(C(=O)NCC(=O)N[C@@H]2CCSc3c(F)cccc32)cc1[N+](=O)[O-]. The highest BCUT2D eigenvalue weighted by Crippen LogP contribution is 2.37. The van der Waals surface area contributed by atoms with Gasteiger partial charge >= 0.3 is 0 Å². The highest BCUT2D eigenvalue weighted by Gasteiger charge is 2.24. The molecule has 0 fully saturated rings. The Labute approximate surface area is 164 Å². The molecule has 3 rings (SSSR count). The summed E-state index contributed by atoms with van der Waals surface area (Å²) in [6.07, 6.45) is 0.658. The zero-order chi connectivity index (χ0) is 20.3. The molecule has 2 aromatic rings. The van der Waals surface area contributed by atoms with Crippen LogP contribution in [0.1, 0.15) is 33.9 Å². The monoisotopic (exact) mass is 403 g/mol. The molecule has 0 aliphatic carbocycles. The number of hydrogen-bond donors (Lipinski definition) is 2. The second-order valence-electron chi connectivity index (χ2n) is 6.36. The fourth-order valence-electron chi connectivity index (χ4n) is 2.99. The van der Waals surface area contributed by atoms with Crippen LogP contribution in [-0.2, 0) is 4.79 Å². The molecular weight excluding hydrogens is 385 g/mol. The molecule has 0 saturated heterocycles. The average Bonchev–Trinajstić information content (AvgIpc) is 2.67. The van der Waals surface area contributed by atoms with Gasteiger partial charge in [0, 0.05) is 27.8 Å². The van der Waals surface area contributed by atoms with Gasteiger partial charge in [0.1, 0.15) is 5.82 Å². The number of aryl methyl sites for hydroxylation is 1. The average molecular weight is 403 g/mol. The van der Waals surface area contributed by atoms with Crippen molar-refractivity contribution in [3.05, 3.63) is 69.0 Å². The first kappa shape index (κ1) is 19.8. The van der Waals surface area contributed by atoms with Crippen molar-refractivity contribution in [2.45, 2.75) is 24.3 Å². The van der Waals surface area contributed by atoms with Crippen LogP contribution in [0.15, 0.2) is 41.3 Å². The van der Waals surface area contributed by atoms with Crippen molar-refractivity contribution in [1.82, 2.24) is 10.6 Å². The lowest BCUT2D eigenvalue weighted by atomic mass is 10.0. The molecule has 0 saturated carbocycles. The second-order valence-corrected chi connectivity index (χ2v) is 7.46. The van der Waals surface area contributed by atoms with Gasteiger partial charge in [-0.3, -0.25) is 19.7 Å². The lowest BCUT2D eigenvalue weighted by Gasteiger charge is -2.26.